The van der Waals surface area contributed by atoms with Crippen molar-refractivity contribution in [2.45, 2.75) is 181 Å². The maximum Gasteiger partial charge on any atom is 0.308 e. The molecule has 0 saturated carbocycles. The summed E-state index contributed by atoms with van der Waals surface area (Å²) in [6.07, 6.45) is 0.855. The standard InChI is InChI=1S/C48H67FN2O9/c1-30(2)42-41(44(54)50-24-22-34-26-36(57-47(9,10)55-34)28-38(52)59-45(3,4)5)40(31-16-14-13-15-17-31)43(32-18-20-33(49)21-19-32)51(42)25-23-35-27-37(58-48(11,12)56-35)29-39(53)60-46(6,7)8/h13-21,30,34-37H,22-29H2,1-12H3,(H,50,54). The van der Waals surface area contributed by atoms with Crippen molar-refractivity contribution in [2.24, 2.45) is 0 Å². The van der Waals surface area contributed by atoms with E-state index in [1.165, 1.54) is 12.1 Å². The third-order valence-electron chi connectivity index (χ3n) is 10.2. The zero-order chi connectivity index (χ0) is 44.2. The minimum Gasteiger partial charge on any atom is -0.460 e. The van der Waals surface area contributed by atoms with Crippen LogP contribution >= 0.6 is 0 Å². The first-order valence-electron chi connectivity index (χ1n) is 21.4. The molecule has 0 aliphatic carbocycles. The Labute approximate surface area is 356 Å². The molecule has 1 aromatic heterocycles. The average molecular weight is 835 g/mol. The van der Waals surface area contributed by atoms with Gasteiger partial charge in [-0.3, -0.25) is 14.4 Å². The fraction of sp³-hybridized carbons (Fsp3) is 0.604. The maximum atomic E-state index is 14.8. The summed E-state index contributed by atoms with van der Waals surface area (Å²) < 4.78 is 52.9. The van der Waals surface area contributed by atoms with Gasteiger partial charge in [-0.05, 0) is 123 Å². The Bertz CT molecular complexity index is 1940. The first-order chi connectivity index (χ1) is 27.9. The Balaban J connectivity index is 1.46. The molecule has 2 aliphatic rings. The number of amides is 1. The van der Waals surface area contributed by atoms with E-state index in [0.29, 0.717) is 44.3 Å². The monoisotopic (exact) mass is 834 g/mol. The smallest absolute Gasteiger partial charge is 0.308 e. The summed E-state index contributed by atoms with van der Waals surface area (Å²) in [5.74, 6) is -3.22. The van der Waals surface area contributed by atoms with Crippen LogP contribution in [0.15, 0.2) is 54.6 Å². The van der Waals surface area contributed by atoms with Gasteiger partial charge in [-0.25, -0.2) is 4.39 Å². The van der Waals surface area contributed by atoms with Crippen molar-refractivity contribution >= 4 is 17.8 Å². The van der Waals surface area contributed by atoms with Crippen LogP contribution < -0.4 is 5.32 Å². The summed E-state index contributed by atoms with van der Waals surface area (Å²) in [7, 11) is 0. The number of hydrogen-bond donors (Lipinski definition) is 1. The second kappa shape index (κ2) is 18.9. The third kappa shape index (κ3) is 13.2. The summed E-state index contributed by atoms with van der Waals surface area (Å²) in [6, 6.07) is 16.2. The van der Waals surface area contributed by atoms with Crippen molar-refractivity contribution in [1.29, 1.82) is 0 Å². The van der Waals surface area contributed by atoms with Crippen molar-refractivity contribution in [3.63, 3.8) is 0 Å². The molecule has 1 N–H and O–H groups in total. The van der Waals surface area contributed by atoms with Crippen LogP contribution in [0.1, 0.15) is 144 Å². The number of halogens is 1. The Morgan fingerprint density at radius 1 is 0.733 bits per heavy atom. The minimum atomic E-state index is -0.938. The molecule has 12 heteroatoms. The lowest BCUT2D eigenvalue weighted by Crippen LogP contribution is -2.46. The highest BCUT2D eigenvalue weighted by molar-refractivity contribution is 6.06. The second-order valence-electron chi connectivity index (χ2n) is 19.3. The molecule has 4 atom stereocenters. The number of esters is 2. The topological polar surface area (TPSA) is 124 Å². The molecular formula is C48H67FN2O9. The van der Waals surface area contributed by atoms with Crippen molar-refractivity contribution in [1.82, 2.24) is 9.88 Å². The Hall–Kier alpha value is -4.10. The third-order valence-corrected chi connectivity index (χ3v) is 10.2. The van der Waals surface area contributed by atoms with Crippen LogP contribution in [0.3, 0.4) is 0 Å². The lowest BCUT2D eigenvalue weighted by molar-refractivity contribution is -0.301. The summed E-state index contributed by atoms with van der Waals surface area (Å²) >= 11 is 0. The number of nitrogens with one attached hydrogen (secondary N) is 1. The van der Waals surface area contributed by atoms with Gasteiger partial charge in [0.05, 0.1) is 48.5 Å². The number of ether oxygens (including phenoxy) is 6. The number of benzene rings is 2. The summed E-state index contributed by atoms with van der Waals surface area (Å²) in [4.78, 5) is 40.3. The lowest BCUT2D eigenvalue weighted by atomic mass is 9.94. The van der Waals surface area contributed by atoms with E-state index in [4.69, 9.17) is 28.4 Å². The van der Waals surface area contributed by atoms with Gasteiger partial charge < -0.3 is 38.3 Å². The van der Waals surface area contributed by atoms with Gasteiger partial charge in [0.25, 0.3) is 5.91 Å². The average Bonchev–Trinajstić information content (AvgIpc) is 3.44. The van der Waals surface area contributed by atoms with Crippen molar-refractivity contribution < 1.29 is 47.2 Å². The Morgan fingerprint density at radius 2 is 1.22 bits per heavy atom. The number of carbonyl (C=O) groups excluding carboxylic acids is 3. The SMILES string of the molecule is CC(C)c1c(C(=O)NCCC2CC(CC(=O)OC(C)(C)C)OC(C)(C)O2)c(-c2ccccc2)c(-c2ccc(F)cc2)n1CCC1CC(CC(=O)OC(C)(C)C)OC(C)(C)O1. The van der Waals surface area contributed by atoms with Gasteiger partial charge in [-0.15, -0.1) is 0 Å². The predicted octanol–water partition coefficient (Wildman–Crippen LogP) is 9.88. The molecule has 330 valence electrons. The molecule has 3 aromatic rings. The second-order valence-corrected chi connectivity index (χ2v) is 19.3. The quantitative estimate of drug-likeness (QED) is 0.158. The molecule has 2 aromatic carbocycles. The van der Waals surface area contributed by atoms with Crippen LogP contribution in [-0.4, -0.2) is 76.1 Å². The molecule has 2 fully saturated rings. The maximum absolute atomic E-state index is 14.8. The summed E-state index contributed by atoms with van der Waals surface area (Å²) in [5.41, 5.74) is 3.32. The van der Waals surface area contributed by atoms with Crippen LogP contribution in [0.25, 0.3) is 22.4 Å². The van der Waals surface area contributed by atoms with E-state index >= 15 is 0 Å². The zero-order valence-corrected chi connectivity index (χ0v) is 37.7. The lowest BCUT2D eigenvalue weighted by Gasteiger charge is -2.41. The van der Waals surface area contributed by atoms with Gasteiger partial charge in [0, 0.05) is 37.2 Å². The predicted molar refractivity (Wildman–Crippen MR) is 229 cm³/mol. The van der Waals surface area contributed by atoms with Gasteiger partial charge in [0.2, 0.25) is 0 Å². The van der Waals surface area contributed by atoms with Crippen LogP contribution in [0, 0.1) is 5.82 Å². The highest BCUT2D eigenvalue weighted by Gasteiger charge is 2.39. The van der Waals surface area contributed by atoms with E-state index in [9.17, 15) is 18.8 Å². The number of nitrogens with zero attached hydrogens (tertiary/aromatic N) is 1. The Morgan fingerprint density at radius 3 is 1.70 bits per heavy atom. The molecule has 3 heterocycles. The molecule has 4 unspecified atom stereocenters. The number of rotatable bonds is 14. The first kappa shape index (κ1) is 47.0. The molecule has 2 saturated heterocycles. The molecule has 0 bridgehead atoms. The first-order valence-corrected chi connectivity index (χ1v) is 21.4. The van der Waals surface area contributed by atoms with Gasteiger partial charge in [-0.1, -0.05) is 44.2 Å². The van der Waals surface area contributed by atoms with E-state index in [1.807, 2.05) is 99.6 Å². The van der Waals surface area contributed by atoms with Gasteiger partial charge >= 0.3 is 11.9 Å². The van der Waals surface area contributed by atoms with E-state index in [2.05, 4.69) is 23.7 Å². The van der Waals surface area contributed by atoms with E-state index in [-0.39, 0.29) is 54.6 Å². The largest absolute Gasteiger partial charge is 0.460 e. The fourth-order valence-corrected chi connectivity index (χ4v) is 8.38. The Kier molecular flexibility index (Phi) is 14.8. The zero-order valence-electron chi connectivity index (χ0n) is 37.7. The highest BCUT2D eigenvalue weighted by atomic mass is 19.1. The van der Waals surface area contributed by atoms with Crippen LogP contribution in [-0.2, 0) is 44.6 Å². The number of carbonyl (C=O) groups is 3. The number of hydrogen-bond acceptors (Lipinski definition) is 9. The van der Waals surface area contributed by atoms with Crippen LogP contribution in [0.5, 0.6) is 0 Å². The van der Waals surface area contributed by atoms with Crippen LogP contribution in [0.4, 0.5) is 4.39 Å². The summed E-state index contributed by atoms with van der Waals surface area (Å²) in [5, 5.41) is 3.21. The van der Waals surface area contributed by atoms with E-state index in [1.54, 1.807) is 12.1 Å². The molecule has 1 amide bonds. The normalized spacial score (nSPS) is 21.7. The van der Waals surface area contributed by atoms with E-state index in [0.717, 1.165) is 28.1 Å². The molecule has 0 radical (unpaired) electrons. The molecular weight excluding hydrogens is 768 g/mol. The summed E-state index contributed by atoms with van der Waals surface area (Å²) in [6.45, 7) is 23.3. The van der Waals surface area contributed by atoms with Crippen molar-refractivity contribution in [3.8, 4) is 22.4 Å². The van der Waals surface area contributed by atoms with E-state index < -0.39 is 35.0 Å². The number of aromatic nitrogens is 1. The van der Waals surface area contributed by atoms with Gasteiger partial charge in [0.1, 0.15) is 17.0 Å². The molecule has 5 rings (SSSR count). The molecule has 2 aliphatic heterocycles. The molecule has 0 spiro atoms. The van der Waals surface area contributed by atoms with Crippen LogP contribution in [0.2, 0.25) is 0 Å². The fourth-order valence-electron chi connectivity index (χ4n) is 8.38. The minimum absolute atomic E-state index is 0.0948. The molecule has 11 nitrogen and oxygen atoms in total. The van der Waals surface area contributed by atoms with Gasteiger partial charge in [0.15, 0.2) is 11.6 Å². The highest BCUT2D eigenvalue weighted by Crippen LogP contribution is 2.43. The van der Waals surface area contributed by atoms with Gasteiger partial charge in [-0.2, -0.15) is 0 Å². The van der Waals surface area contributed by atoms with Crippen molar-refractivity contribution in [3.05, 3.63) is 71.7 Å². The van der Waals surface area contributed by atoms with Crippen molar-refractivity contribution in [2.75, 3.05) is 6.54 Å². The molecule has 60 heavy (non-hydrogen) atoms.